The van der Waals surface area contributed by atoms with Crippen LogP contribution in [0.4, 0.5) is 0 Å². The van der Waals surface area contributed by atoms with Gasteiger partial charge in [0.05, 0.1) is 0 Å². The van der Waals surface area contributed by atoms with Crippen LogP contribution in [-0.4, -0.2) is 5.11 Å². The number of aliphatic hydroxyl groups is 1. The summed E-state index contributed by atoms with van der Waals surface area (Å²) in [5.74, 6) is 0.775. The average Bonchev–Trinajstić information content (AvgIpc) is 2.67. The molecule has 0 heterocycles. The standard InChI is InChI=1S/C22H21ClO2/c1-2-22(24,19-9-6-10-20(23)15-19)18-11-13-21(14-12-18)25-16-17-7-4-3-5-8-17/h3-15,24H,2,16H2,1H3. The zero-order chi connectivity index (χ0) is 17.7. The number of hydrogen-bond acceptors (Lipinski definition) is 2. The van der Waals surface area contributed by atoms with Crippen molar-refractivity contribution in [3.05, 3.63) is 101 Å². The molecular formula is C22H21ClO2. The van der Waals surface area contributed by atoms with E-state index < -0.39 is 5.60 Å². The lowest BCUT2D eigenvalue weighted by molar-refractivity contribution is 0.0765. The topological polar surface area (TPSA) is 29.5 Å². The van der Waals surface area contributed by atoms with Gasteiger partial charge in [-0.25, -0.2) is 0 Å². The van der Waals surface area contributed by atoms with E-state index in [4.69, 9.17) is 16.3 Å². The van der Waals surface area contributed by atoms with Crippen LogP contribution in [0.2, 0.25) is 5.02 Å². The molecule has 0 saturated heterocycles. The van der Waals surface area contributed by atoms with Gasteiger partial charge in [-0.05, 0) is 47.4 Å². The van der Waals surface area contributed by atoms with E-state index in [1.807, 2.05) is 85.8 Å². The minimum atomic E-state index is -1.07. The maximum Gasteiger partial charge on any atom is 0.119 e. The summed E-state index contributed by atoms with van der Waals surface area (Å²) in [6.45, 7) is 2.48. The van der Waals surface area contributed by atoms with Crippen LogP contribution in [0.5, 0.6) is 5.75 Å². The van der Waals surface area contributed by atoms with E-state index in [1.54, 1.807) is 0 Å². The summed E-state index contributed by atoms with van der Waals surface area (Å²) < 4.78 is 5.82. The molecule has 0 bridgehead atoms. The number of hydrogen-bond donors (Lipinski definition) is 1. The van der Waals surface area contributed by atoms with Gasteiger partial charge in [0, 0.05) is 5.02 Å². The maximum atomic E-state index is 11.2. The second-order valence-electron chi connectivity index (χ2n) is 6.02. The van der Waals surface area contributed by atoms with Crippen molar-refractivity contribution >= 4 is 11.6 Å². The van der Waals surface area contributed by atoms with Crippen LogP contribution in [0.1, 0.15) is 30.0 Å². The van der Waals surface area contributed by atoms with E-state index in [0.29, 0.717) is 18.1 Å². The summed E-state index contributed by atoms with van der Waals surface area (Å²) in [5, 5.41) is 11.8. The van der Waals surface area contributed by atoms with Crippen LogP contribution >= 0.6 is 11.6 Å². The van der Waals surface area contributed by atoms with Gasteiger partial charge in [-0.15, -0.1) is 0 Å². The first kappa shape index (κ1) is 17.5. The van der Waals surface area contributed by atoms with Crippen molar-refractivity contribution in [1.29, 1.82) is 0 Å². The third-order valence-electron chi connectivity index (χ3n) is 4.39. The Hall–Kier alpha value is -2.29. The number of rotatable bonds is 6. The molecule has 0 saturated carbocycles. The van der Waals surface area contributed by atoms with Gasteiger partial charge in [-0.3, -0.25) is 0 Å². The fourth-order valence-electron chi connectivity index (χ4n) is 2.89. The van der Waals surface area contributed by atoms with E-state index in [2.05, 4.69) is 0 Å². The second-order valence-corrected chi connectivity index (χ2v) is 6.46. The van der Waals surface area contributed by atoms with Crippen molar-refractivity contribution in [1.82, 2.24) is 0 Å². The SMILES string of the molecule is CCC(O)(c1ccc(OCc2ccccc2)cc1)c1cccc(Cl)c1. The third kappa shape index (κ3) is 4.04. The lowest BCUT2D eigenvalue weighted by Gasteiger charge is -2.28. The summed E-state index contributed by atoms with van der Waals surface area (Å²) in [5.41, 5.74) is 1.67. The molecule has 1 N–H and O–H groups in total. The fraction of sp³-hybridized carbons (Fsp3) is 0.182. The summed E-state index contributed by atoms with van der Waals surface area (Å²) >= 11 is 6.09. The Morgan fingerprint density at radius 3 is 2.24 bits per heavy atom. The number of ether oxygens (including phenoxy) is 1. The van der Waals surface area contributed by atoms with Crippen LogP contribution < -0.4 is 4.74 Å². The molecule has 0 amide bonds. The van der Waals surface area contributed by atoms with Crippen molar-refractivity contribution < 1.29 is 9.84 Å². The summed E-state index contributed by atoms with van der Waals surface area (Å²) in [4.78, 5) is 0. The molecular weight excluding hydrogens is 332 g/mol. The number of benzene rings is 3. The molecule has 0 spiro atoms. The van der Waals surface area contributed by atoms with Crippen LogP contribution in [0.25, 0.3) is 0 Å². The van der Waals surface area contributed by atoms with Gasteiger partial charge in [0.15, 0.2) is 0 Å². The van der Waals surface area contributed by atoms with E-state index in [-0.39, 0.29) is 0 Å². The summed E-state index contributed by atoms with van der Waals surface area (Å²) in [7, 11) is 0. The molecule has 2 nitrogen and oxygen atoms in total. The van der Waals surface area contributed by atoms with Gasteiger partial charge in [-0.2, -0.15) is 0 Å². The molecule has 0 aliphatic rings. The normalized spacial score (nSPS) is 13.2. The van der Waals surface area contributed by atoms with Gasteiger partial charge < -0.3 is 9.84 Å². The largest absolute Gasteiger partial charge is 0.489 e. The molecule has 128 valence electrons. The van der Waals surface area contributed by atoms with Crippen LogP contribution in [0.3, 0.4) is 0 Å². The molecule has 0 aliphatic carbocycles. The predicted molar refractivity (Wildman–Crippen MR) is 102 cm³/mol. The molecule has 1 atom stereocenters. The van der Waals surface area contributed by atoms with Crippen LogP contribution in [0.15, 0.2) is 78.9 Å². The van der Waals surface area contributed by atoms with Crippen LogP contribution in [0, 0.1) is 0 Å². The Morgan fingerprint density at radius 1 is 0.880 bits per heavy atom. The molecule has 0 radical (unpaired) electrons. The Morgan fingerprint density at radius 2 is 1.60 bits per heavy atom. The quantitative estimate of drug-likeness (QED) is 0.628. The highest BCUT2D eigenvalue weighted by molar-refractivity contribution is 6.30. The lowest BCUT2D eigenvalue weighted by Crippen LogP contribution is -2.26. The highest BCUT2D eigenvalue weighted by atomic mass is 35.5. The molecule has 3 rings (SSSR count). The third-order valence-corrected chi connectivity index (χ3v) is 4.63. The second kappa shape index (κ2) is 7.73. The molecule has 3 heteroatoms. The highest BCUT2D eigenvalue weighted by Crippen LogP contribution is 2.34. The van der Waals surface area contributed by atoms with Gasteiger partial charge in [0.25, 0.3) is 0 Å². The average molecular weight is 353 g/mol. The van der Waals surface area contributed by atoms with Gasteiger partial charge in [0.1, 0.15) is 18.0 Å². The molecule has 25 heavy (non-hydrogen) atoms. The molecule has 3 aromatic rings. The smallest absolute Gasteiger partial charge is 0.119 e. The van der Waals surface area contributed by atoms with Crippen molar-refractivity contribution in [3.8, 4) is 5.75 Å². The minimum Gasteiger partial charge on any atom is -0.489 e. The molecule has 0 fully saturated rings. The Balaban J connectivity index is 1.78. The molecule has 0 aliphatic heterocycles. The zero-order valence-corrected chi connectivity index (χ0v) is 14.9. The monoisotopic (exact) mass is 352 g/mol. The van der Waals surface area contributed by atoms with Gasteiger partial charge in [0.2, 0.25) is 0 Å². The number of halogens is 1. The first-order valence-corrected chi connectivity index (χ1v) is 8.75. The van der Waals surface area contributed by atoms with Crippen molar-refractivity contribution in [2.45, 2.75) is 25.6 Å². The van der Waals surface area contributed by atoms with Crippen molar-refractivity contribution in [3.63, 3.8) is 0 Å². The zero-order valence-electron chi connectivity index (χ0n) is 14.2. The minimum absolute atomic E-state index is 0.520. The van der Waals surface area contributed by atoms with E-state index >= 15 is 0 Å². The van der Waals surface area contributed by atoms with E-state index in [1.165, 1.54) is 0 Å². The Labute approximate surface area is 153 Å². The maximum absolute atomic E-state index is 11.2. The van der Waals surface area contributed by atoms with Crippen molar-refractivity contribution in [2.24, 2.45) is 0 Å². The van der Waals surface area contributed by atoms with Crippen molar-refractivity contribution in [2.75, 3.05) is 0 Å². The molecule has 3 aromatic carbocycles. The lowest BCUT2D eigenvalue weighted by atomic mass is 9.84. The first-order valence-electron chi connectivity index (χ1n) is 8.37. The Kier molecular flexibility index (Phi) is 5.42. The predicted octanol–water partition coefficient (Wildman–Crippen LogP) is 5.56. The van der Waals surface area contributed by atoms with Gasteiger partial charge >= 0.3 is 0 Å². The molecule has 0 aromatic heterocycles. The van der Waals surface area contributed by atoms with E-state index in [9.17, 15) is 5.11 Å². The summed E-state index contributed by atoms with van der Waals surface area (Å²) in [6.07, 6.45) is 0.553. The van der Waals surface area contributed by atoms with Gasteiger partial charge in [-0.1, -0.05) is 73.1 Å². The fourth-order valence-corrected chi connectivity index (χ4v) is 3.08. The Bertz CT molecular complexity index is 815. The van der Waals surface area contributed by atoms with Crippen LogP contribution in [-0.2, 0) is 12.2 Å². The summed E-state index contributed by atoms with van der Waals surface area (Å²) in [6, 6.07) is 25.0. The van der Waals surface area contributed by atoms with E-state index in [0.717, 1.165) is 22.4 Å². The molecule has 1 unspecified atom stereocenters. The highest BCUT2D eigenvalue weighted by Gasteiger charge is 2.29. The first-order chi connectivity index (χ1) is 12.1.